The van der Waals surface area contributed by atoms with Gasteiger partial charge in [-0.05, 0) is 62.5 Å². The molecule has 2 saturated heterocycles. The number of pyridine rings is 1. The van der Waals surface area contributed by atoms with E-state index >= 15 is 0 Å². The van der Waals surface area contributed by atoms with E-state index in [9.17, 15) is 4.79 Å². The molecule has 1 spiro atoms. The lowest BCUT2D eigenvalue weighted by molar-refractivity contribution is 0.129. The third-order valence-electron chi connectivity index (χ3n) is 5.81. The lowest BCUT2D eigenvalue weighted by Crippen LogP contribution is -2.41. The number of amides is 2. The molecule has 4 rings (SSSR count). The number of likely N-dealkylation sites (tertiary alicyclic amines) is 2. The quantitative estimate of drug-likeness (QED) is 0.899. The minimum absolute atomic E-state index is 0.0448. The van der Waals surface area contributed by atoms with Gasteiger partial charge >= 0.3 is 6.03 Å². The number of urea groups is 1. The van der Waals surface area contributed by atoms with Crippen molar-refractivity contribution in [2.24, 2.45) is 12.5 Å². The second-order valence-electron chi connectivity index (χ2n) is 7.74. The molecule has 2 aliphatic rings. The Hall–Kier alpha value is -2.41. The van der Waals surface area contributed by atoms with E-state index in [1.165, 1.54) is 12.8 Å². The van der Waals surface area contributed by atoms with Crippen LogP contribution in [0.15, 0.2) is 30.7 Å². The monoisotopic (exact) mass is 354 g/mol. The molecule has 2 amide bonds. The molecule has 7 nitrogen and oxygen atoms in total. The molecule has 0 aliphatic carbocycles. The summed E-state index contributed by atoms with van der Waals surface area (Å²) in [4.78, 5) is 21.3. The van der Waals surface area contributed by atoms with Crippen molar-refractivity contribution in [1.29, 1.82) is 0 Å². The van der Waals surface area contributed by atoms with Crippen LogP contribution >= 0.6 is 0 Å². The topological polar surface area (TPSA) is 66.3 Å². The van der Waals surface area contributed by atoms with E-state index in [1.54, 1.807) is 10.9 Å². The van der Waals surface area contributed by atoms with Gasteiger partial charge in [-0.2, -0.15) is 5.10 Å². The summed E-state index contributed by atoms with van der Waals surface area (Å²) < 4.78 is 1.76. The van der Waals surface area contributed by atoms with Crippen LogP contribution in [0, 0.1) is 5.41 Å². The molecule has 4 heterocycles. The van der Waals surface area contributed by atoms with Crippen LogP contribution in [0.25, 0.3) is 11.1 Å². The standard InChI is InChI=1S/C19H26N6O/c1-23-8-4-19(5-9-23)6-10-25(14-19)18(26)22-17-11-15(3-7-20-17)16-12-21-24(2)13-16/h3,7,11-13H,4-6,8-10,14H2,1-2H3,(H,20,22,26). The van der Waals surface area contributed by atoms with Crippen molar-refractivity contribution in [2.45, 2.75) is 19.3 Å². The van der Waals surface area contributed by atoms with E-state index in [0.717, 1.165) is 43.7 Å². The van der Waals surface area contributed by atoms with Gasteiger partial charge in [0.25, 0.3) is 0 Å². The molecule has 2 aliphatic heterocycles. The average Bonchev–Trinajstić information content (AvgIpc) is 3.25. The molecule has 0 atom stereocenters. The number of aryl methyl sites for hydroxylation is 1. The third-order valence-corrected chi connectivity index (χ3v) is 5.81. The largest absolute Gasteiger partial charge is 0.324 e. The Balaban J connectivity index is 1.41. The highest BCUT2D eigenvalue weighted by Crippen LogP contribution is 2.40. The average molecular weight is 354 g/mol. The lowest BCUT2D eigenvalue weighted by Gasteiger charge is -2.37. The molecule has 0 radical (unpaired) electrons. The molecule has 0 aromatic carbocycles. The van der Waals surface area contributed by atoms with E-state index in [0.29, 0.717) is 11.2 Å². The number of piperidine rings is 1. The summed E-state index contributed by atoms with van der Waals surface area (Å²) in [5.41, 5.74) is 2.32. The van der Waals surface area contributed by atoms with Crippen molar-refractivity contribution in [3.8, 4) is 11.1 Å². The fourth-order valence-electron chi connectivity index (χ4n) is 4.05. The Morgan fingerprint density at radius 3 is 2.65 bits per heavy atom. The van der Waals surface area contributed by atoms with Gasteiger partial charge in [0.05, 0.1) is 6.20 Å². The molecular weight excluding hydrogens is 328 g/mol. The van der Waals surface area contributed by atoms with Gasteiger partial charge < -0.3 is 9.80 Å². The van der Waals surface area contributed by atoms with Crippen molar-refractivity contribution in [1.82, 2.24) is 24.6 Å². The molecule has 26 heavy (non-hydrogen) atoms. The van der Waals surface area contributed by atoms with Gasteiger partial charge in [0.1, 0.15) is 5.82 Å². The summed E-state index contributed by atoms with van der Waals surface area (Å²) in [6.07, 6.45) is 8.96. The first-order valence-corrected chi connectivity index (χ1v) is 9.23. The van der Waals surface area contributed by atoms with E-state index in [-0.39, 0.29) is 6.03 Å². The molecule has 0 saturated carbocycles. The highest BCUT2D eigenvalue weighted by atomic mass is 16.2. The molecular formula is C19H26N6O. The normalized spacial score (nSPS) is 19.8. The van der Waals surface area contributed by atoms with Crippen LogP contribution in [0.2, 0.25) is 0 Å². The summed E-state index contributed by atoms with van der Waals surface area (Å²) in [5.74, 6) is 0.584. The summed E-state index contributed by atoms with van der Waals surface area (Å²) in [5, 5.41) is 7.17. The number of hydrogen-bond donors (Lipinski definition) is 1. The van der Waals surface area contributed by atoms with Gasteiger partial charge in [-0.25, -0.2) is 9.78 Å². The lowest BCUT2D eigenvalue weighted by atomic mass is 9.78. The predicted molar refractivity (Wildman–Crippen MR) is 101 cm³/mol. The fourth-order valence-corrected chi connectivity index (χ4v) is 4.05. The van der Waals surface area contributed by atoms with Gasteiger partial charge in [-0.15, -0.1) is 0 Å². The molecule has 7 heteroatoms. The van der Waals surface area contributed by atoms with Crippen LogP contribution in [-0.4, -0.2) is 63.8 Å². The van der Waals surface area contributed by atoms with Crippen molar-refractivity contribution in [3.63, 3.8) is 0 Å². The number of carbonyl (C=O) groups excluding carboxylic acids is 1. The van der Waals surface area contributed by atoms with Crippen LogP contribution in [0.3, 0.4) is 0 Å². The van der Waals surface area contributed by atoms with Crippen LogP contribution in [0.1, 0.15) is 19.3 Å². The maximum Gasteiger partial charge on any atom is 0.323 e. The van der Waals surface area contributed by atoms with Crippen molar-refractivity contribution in [3.05, 3.63) is 30.7 Å². The maximum absolute atomic E-state index is 12.7. The van der Waals surface area contributed by atoms with E-state index in [2.05, 4.69) is 27.3 Å². The molecule has 2 aromatic heterocycles. The van der Waals surface area contributed by atoms with Crippen molar-refractivity contribution < 1.29 is 4.79 Å². The Labute approximate surface area is 154 Å². The summed E-state index contributed by atoms with van der Waals surface area (Å²) in [6.45, 7) is 3.95. The zero-order valence-corrected chi connectivity index (χ0v) is 15.5. The number of rotatable bonds is 2. The molecule has 138 valence electrons. The minimum atomic E-state index is -0.0448. The predicted octanol–water partition coefficient (Wildman–Crippen LogP) is 2.43. The third kappa shape index (κ3) is 3.44. The van der Waals surface area contributed by atoms with Crippen molar-refractivity contribution in [2.75, 3.05) is 38.5 Å². The van der Waals surface area contributed by atoms with Gasteiger partial charge in [0.15, 0.2) is 0 Å². The van der Waals surface area contributed by atoms with Crippen LogP contribution in [0.5, 0.6) is 0 Å². The van der Waals surface area contributed by atoms with Gasteiger partial charge in [0.2, 0.25) is 0 Å². The zero-order chi connectivity index (χ0) is 18.1. The van der Waals surface area contributed by atoms with Crippen LogP contribution in [-0.2, 0) is 7.05 Å². The number of nitrogens with zero attached hydrogens (tertiary/aromatic N) is 5. The van der Waals surface area contributed by atoms with Crippen LogP contribution in [0.4, 0.5) is 10.6 Å². The first kappa shape index (κ1) is 17.0. The van der Waals surface area contributed by atoms with E-state index in [1.807, 2.05) is 36.5 Å². The summed E-state index contributed by atoms with van der Waals surface area (Å²) in [6, 6.07) is 3.78. The van der Waals surface area contributed by atoms with Crippen molar-refractivity contribution >= 4 is 11.8 Å². The maximum atomic E-state index is 12.7. The Kier molecular flexibility index (Phi) is 4.40. The number of anilines is 1. The number of aromatic nitrogens is 3. The van der Waals surface area contributed by atoms with Crippen LogP contribution < -0.4 is 5.32 Å². The van der Waals surface area contributed by atoms with Gasteiger partial charge in [-0.1, -0.05) is 0 Å². The minimum Gasteiger partial charge on any atom is -0.324 e. The molecule has 0 bridgehead atoms. The number of carbonyl (C=O) groups is 1. The Morgan fingerprint density at radius 1 is 1.15 bits per heavy atom. The fraction of sp³-hybridized carbons (Fsp3) is 0.526. The first-order valence-electron chi connectivity index (χ1n) is 9.23. The second-order valence-corrected chi connectivity index (χ2v) is 7.74. The van der Waals surface area contributed by atoms with E-state index in [4.69, 9.17) is 0 Å². The second kappa shape index (κ2) is 6.72. The zero-order valence-electron chi connectivity index (χ0n) is 15.5. The molecule has 2 fully saturated rings. The highest BCUT2D eigenvalue weighted by Gasteiger charge is 2.41. The van der Waals surface area contributed by atoms with Gasteiger partial charge in [-0.3, -0.25) is 10.00 Å². The smallest absolute Gasteiger partial charge is 0.323 e. The molecule has 1 N–H and O–H groups in total. The number of nitrogens with one attached hydrogen (secondary N) is 1. The highest BCUT2D eigenvalue weighted by molar-refractivity contribution is 5.89. The van der Waals surface area contributed by atoms with Gasteiger partial charge in [0, 0.05) is 38.1 Å². The summed E-state index contributed by atoms with van der Waals surface area (Å²) in [7, 11) is 4.06. The molecule has 2 aromatic rings. The first-order chi connectivity index (χ1) is 12.5. The van der Waals surface area contributed by atoms with E-state index < -0.39 is 0 Å². The molecule has 0 unspecified atom stereocenters. The Morgan fingerprint density at radius 2 is 1.92 bits per heavy atom. The number of hydrogen-bond acceptors (Lipinski definition) is 4. The summed E-state index contributed by atoms with van der Waals surface area (Å²) >= 11 is 0. The SMILES string of the molecule is CN1CCC2(CC1)CCN(C(=O)Nc1cc(-c3cnn(C)c3)ccn1)C2. The Bertz CT molecular complexity index is 793.